The molecule has 106 valence electrons. The summed E-state index contributed by atoms with van der Waals surface area (Å²) in [4.78, 5) is 0. The third-order valence-electron chi connectivity index (χ3n) is 2.87. The lowest BCUT2D eigenvalue weighted by atomic mass is 10.1. The number of hydrogen-bond acceptors (Lipinski definition) is 3. The lowest BCUT2D eigenvalue weighted by Crippen LogP contribution is -2.21. The van der Waals surface area contributed by atoms with E-state index in [9.17, 15) is 21.6 Å². The predicted octanol–water partition coefficient (Wildman–Crippen LogP) is 3.07. The van der Waals surface area contributed by atoms with Crippen LogP contribution in [0.1, 0.15) is 12.0 Å². The molecule has 1 aliphatic rings. The van der Waals surface area contributed by atoms with Gasteiger partial charge in [0.1, 0.15) is 0 Å². The van der Waals surface area contributed by atoms with Crippen LogP contribution in [0.3, 0.4) is 0 Å². The standard InChI is InChI=1S/C11H11BrF3NO2S/c12-10-2-1-7(5-9(10)11(13,14)15)16-8-3-4-19(17,18)6-8/h1-2,5,8,16H,3-4,6H2. The molecule has 0 amide bonds. The molecule has 0 aliphatic carbocycles. The van der Waals surface area contributed by atoms with E-state index < -0.39 is 21.6 Å². The van der Waals surface area contributed by atoms with Crippen molar-refractivity contribution in [1.29, 1.82) is 0 Å². The van der Waals surface area contributed by atoms with Gasteiger partial charge in [-0.3, -0.25) is 0 Å². The quantitative estimate of drug-likeness (QED) is 0.884. The van der Waals surface area contributed by atoms with Gasteiger partial charge in [-0.15, -0.1) is 0 Å². The summed E-state index contributed by atoms with van der Waals surface area (Å²) < 4.78 is 60.7. The van der Waals surface area contributed by atoms with Crippen molar-refractivity contribution in [2.75, 3.05) is 16.8 Å². The molecule has 1 aromatic carbocycles. The van der Waals surface area contributed by atoms with Gasteiger partial charge in [0, 0.05) is 16.2 Å². The number of sulfone groups is 1. The Balaban J connectivity index is 2.19. The van der Waals surface area contributed by atoms with Crippen LogP contribution in [0.15, 0.2) is 22.7 Å². The van der Waals surface area contributed by atoms with E-state index in [4.69, 9.17) is 0 Å². The third kappa shape index (κ3) is 3.62. The van der Waals surface area contributed by atoms with E-state index in [1.54, 1.807) is 0 Å². The summed E-state index contributed by atoms with van der Waals surface area (Å²) in [6.45, 7) is 0. The highest BCUT2D eigenvalue weighted by atomic mass is 79.9. The highest BCUT2D eigenvalue weighted by Crippen LogP contribution is 2.36. The summed E-state index contributed by atoms with van der Waals surface area (Å²) in [6.07, 6.45) is -4.03. The van der Waals surface area contributed by atoms with Crippen molar-refractivity contribution in [3.63, 3.8) is 0 Å². The van der Waals surface area contributed by atoms with E-state index >= 15 is 0 Å². The first-order valence-corrected chi connectivity index (χ1v) is 8.12. The molecule has 0 radical (unpaired) electrons. The van der Waals surface area contributed by atoms with E-state index in [1.165, 1.54) is 12.1 Å². The molecule has 8 heteroatoms. The number of alkyl halides is 3. The molecule has 19 heavy (non-hydrogen) atoms. The van der Waals surface area contributed by atoms with Crippen molar-refractivity contribution >= 4 is 31.5 Å². The van der Waals surface area contributed by atoms with Crippen molar-refractivity contribution in [3.05, 3.63) is 28.2 Å². The number of benzene rings is 1. The highest BCUT2D eigenvalue weighted by molar-refractivity contribution is 9.10. The molecule has 1 aromatic rings. The Morgan fingerprint density at radius 1 is 1.32 bits per heavy atom. The van der Waals surface area contributed by atoms with Crippen molar-refractivity contribution in [2.45, 2.75) is 18.6 Å². The molecule has 1 fully saturated rings. The Morgan fingerprint density at radius 3 is 2.53 bits per heavy atom. The van der Waals surface area contributed by atoms with Gasteiger partial charge in [0.2, 0.25) is 0 Å². The predicted molar refractivity (Wildman–Crippen MR) is 69.8 cm³/mol. The lowest BCUT2D eigenvalue weighted by molar-refractivity contribution is -0.138. The molecule has 0 aromatic heterocycles. The summed E-state index contributed by atoms with van der Waals surface area (Å²) in [5.74, 6) is 0.0394. The van der Waals surface area contributed by atoms with Crippen molar-refractivity contribution in [3.8, 4) is 0 Å². The Labute approximate surface area is 117 Å². The van der Waals surface area contributed by atoms with Crippen LogP contribution in [-0.4, -0.2) is 26.0 Å². The largest absolute Gasteiger partial charge is 0.417 e. The first-order chi connectivity index (χ1) is 8.67. The van der Waals surface area contributed by atoms with Gasteiger partial charge < -0.3 is 5.32 Å². The van der Waals surface area contributed by atoms with E-state index in [-0.39, 0.29) is 27.7 Å². The van der Waals surface area contributed by atoms with Gasteiger partial charge in [-0.2, -0.15) is 13.2 Å². The summed E-state index contributed by atoms with van der Waals surface area (Å²) in [6, 6.07) is 3.45. The monoisotopic (exact) mass is 357 g/mol. The smallest absolute Gasteiger partial charge is 0.381 e. The number of nitrogens with one attached hydrogen (secondary N) is 1. The molecule has 3 nitrogen and oxygen atoms in total. The Morgan fingerprint density at radius 2 is 2.00 bits per heavy atom. The molecular weight excluding hydrogens is 347 g/mol. The molecule has 1 saturated heterocycles. The van der Waals surface area contributed by atoms with Crippen LogP contribution in [0.4, 0.5) is 18.9 Å². The third-order valence-corrected chi connectivity index (χ3v) is 5.33. The van der Waals surface area contributed by atoms with Crippen LogP contribution in [0.5, 0.6) is 0 Å². The van der Waals surface area contributed by atoms with Gasteiger partial charge >= 0.3 is 6.18 Å². The number of hydrogen-bond donors (Lipinski definition) is 1. The molecule has 0 saturated carbocycles. The van der Waals surface area contributed by atoms with Crippen LogP contribution in [-0.2, 0) is 16.0 Å². The minimum absolute atomic E-state index is 0.0373. The summed E-state index contributed by atoms with van der Waals surface area (Å²) in [5.41, 5.74) is -0.504. The zero-order valence-corrected chi connectivity index (χ0v) is 12.1. The van der Waals surface area contributed by atoms with Crippen LogP contribution in [0, 0.1) is 0 Å². The first-order valence-electron chi connectivity index (χ1n) is 5.51. The fourth-order valence-electron chi connectivity index (χ4n) is 1.98. The zero-order valence-electron chi connectivity index (χ0n) is 9.67. The van der Waals surface area contributed by atoms with Crippen LogP contribution >= 0.6 is 15.9 Å². The highest BCUT2D eigenvalue weighted by Gasteiger charge is 2.34. The second-order valence-electron chi connectivity index (χ2n) is 4.44. The lowest BCUT2D eigenvalue weighted by Gasteiger charge is -2.15. The van der Waals surface area contributed by atoms with Crippen LogP contribution < -0.4 is 5.32 Å². The fourth-order valence-corrected chi connectivity index (χ4v) is 4.12. The van der Waals surface area contributed by atoms with Gasteiger partial charge in [-0.1, -0.05) is 15.9 Å². The molecule has 1 aliphatic heterocycles. The molecular formula is C11H11BrF3NO2S. The first kappa shape index (κ1) is 14.6. The zero-order chi connectivity index (χ0) is 14.3. The minimum Gasteiger partial charge on any atom is -0.381 e. The van der Waals surface area contributed by atoms with Crippen molar-refractivity contribution in [1.82, 2.24) is 0 Å². The molecule has 0 spiro atoms. The Hall–Kier alpha value is -0.760. The maximum absolute atomic E-state index is 12.7. The summed E-state index contributed by atoms with van der Waals surface area (Å²) >= 11 is 2.85. The molecule has 1 heterocycles. The maximum Gasteiger partial charge on any atom is 0.417 e. The Bertz CT molecular complexity index is 586. The summed E-state index contributed by atoms with van der Waals surface area (Å²) in [5, 5.41) is 2.84. The molecule has 1 unspecified atom stereocenters. The van der Waals surface area contributed by atoms with E-state index in [1.807, 2.05) is 0 Å². The van der Waals surface area contributed by atoms with Crippen molar-refractivity contribution in [2.24, 2.45) is 0 Å². The maximum atomic E-state index is 12.7. The van der Waals surface area contributed by atoms with Gasteiger partial charge in [0.25, 0.3) is 0 Å². The van der Waals surface area contributed by atoms with Gasteiger partial charge in [-0.25, -0.2) is 8.42 Å². The van der Waals surface area contributed by atoms with Crippen LogP contribution in [0.2, 0.25) is 0 Å². The second kappa shape index (κ2) is 4.97. The molecule has 1 atom stereocenters. The van der Waals surface area contributed by atoms with Crippen LogP contribution in [0.25, 0.3) is 0 Å². The molecule has 0 bridgehead atoms. The van der Waals surface area contributed by atoms with E-state index in [0.717, 1.165) is 6.07 Å². The average molecular weight is 358 g/mol. The second-order valence-corrected chi connectivity index (χ2v) is 7.52. The Kier molecular flexibility index (Phi) is 3.83. The number of halogens is 4. The molecule has 2 rings (SSSR count). The topological polar surface area (TPSA) is 46.2 Å². The minimum atomic E-state index is -4.45. The SMILES string of the molecule is O=S1(=O)CCC(Nc2ccc(Br)c(C(F)(F)F)c2)C1. The summed E-state index contributed by atoms with van der Waals surface area (Å²) in [7, 11) is -3.06. The van der Waals surface area contributed by atoms with E-state index in [0.29, 0.717) is 6.42 Å². The average Bonchev–Trinajstić information content (AvgIpc) is 2.59. The van der Waals surface area contributed by atoms with E-state index in [2.05, 4.69) is 21.2 Å². The normalized spacial score (nSPS) is 22.4. The fraction of sp³-hybridized carbons (Fsp3) is 0.455. The molecule has 1 N–H and O–H groups in total. The van der Waals surface area contributed by atoms with Gasteiger partial charge in [-0.05, 0) is 24.6 Å². The number of anilines is 1. The van der Waals surface area contributed by atoms with Gasteiger partial charge in [0.15, 0.2) is 9.84 Å². The van der Waals surface area contributed by atoms with Crippen molar-refractivity contribution < 1.29 is 21.6 Å². The number of rotatable bonds is 2. The van der Waals surface area contributed by atoms with Gasteiger partial charge in [0.05, 0.1) is 17.1 Å².